The molecule has 2 heterocycles. The summed E-state index contributed by atoms with van der Waals surface area (Å²) < 4.78 is 25.2. The maximum atomic E-state index is 6.29. The van der Waals surface area contributed by atoms with E-state index in [1.54, 1.807) is 0 Å². The lowest BCUT2D eigenvalue weighted by atomic mass is 10.0. The average molecular weight is 380 g/mol. The van der Waals surface area contributed by atoms with Crippen molar-refractivity contribution < 1.29 is 18.9 Å². The van der Waals surface area contributed by atoms with Crippen LogP contribution in [-0.2, 0) is 0 Å². The van der Waals surface area contributed by atoms with Gasteiger partial charge in [-0.25, -0.2) is 0 Å². The molecule has 4 aromatic carbocycles. The fraction of sp³-hybridized carbons (Fsp3) is 0.0400. The van der Waals surface area contributed by atoms with Gasteiger partial charge in [-0.15, -0.1) is 0 Å². The highest BCUT2D eigenvalue weighted by molar-refractivity contribution is 5.78. The van der Waals surface area contributed by atoms with E-state index in [-0.39, 0.29) is 0 Å². The molecule has 29 heavy (non-hydrogen) atoms. The second-order valence-electron chi connectivity index (χ2n) is 6.89. The normalized spacial score (nSPS) is 14.9. The van der Waals surface area contributed by atoms with Gasteiger partial charge in [0.2, 0.25) is 0 Å². The molecule has 0 N–H and O–H groups in total. The number of fused-ring (bicyclic) bond motifs is 6. The van der Waals surface area contributed by atoms with Gasteiger partial charge in [-0.3, -0.25) is 0 Å². The molecule has 0 amide bonds. The summed E-state index contributed by atoms with van der Waals surface area (Å²) in [5, 5.41) is 0. The minimum absolute atomic E-state index is 0.620. The van der Waals surface area contributed by atoms with Crippen LogP contribution in [0.15, 0.2) is 97.1 Å². The number of hydrogen-bond acceptors (Lipinski definition) is 4. The number of benzene rings is 4. The Morgan fingerprint density at radius 2 is 0.586 bits per heavy atom. The average Bonchev–Trinajstić information content (AvgIpc) is 2.97. The van der Waals surface area contributed by atoms with E-state index in [1.807, 2.05) is 97.1 Å². The molecule has 0 fully saturated rings. The summed E-state index contributed by atoms with van der Waals surface area (Å²) in [5.74, 6) is 2.48. The van der Waals surface area contributed by atoms with E-state index in [4.69, 9.17) is 18.9 Å². The monoisotopic (exact) mass is 380 g/mol. The lowest BCUT2D eigenvalue weighted by Crippen LogP contribution is -2.53. The van der Waals surface area contributed by atoms with Crippen LogP contribution in [0.25, 0.3) is 22.3 Å². The zero-order valence-electron chi connectivity index (χ0n) is 15.4. The molecule has 2 aliphatic heterocycles. The lowest BCUT2D eigenvalue weighted by Gasteiger charge is -2.30. The van der Waals surface area contributed by atoms with Crippen LogP contribution in [-0.4, -0.2) is 6.16 Å². The van der Waals surface area contributed by atoms with Crippen molar-refractivity contribution in [2.75, 3.05) is 0 Å². The molecule has 0 saturated heterocycles. The van der Waals surface area contributed by atoms with Crippen LogP contribution in [0.5, 0.6) is 23.0 Å². The van der Waals surface area contributed by atoms with Crippen molar-refractivity contribution >= 4 is 0 Å². The first-order chi connectivity index (χ1) is 14.3. The molecule has 1 spiro atoms. The van der Waals surface area contributed by atoms with E-state index < -0.39 is 6.16 Å². The van der Waals surface area contributed by atoms with Crippen molar-refractivity contribution in [1.29, 1.82) is 0 Å². The van der Waals surface area contributed by atoms with Crippen molar-refractivity contribution in [3.63, 3.8) is 0 Å². The van der Waals surface area contributed by atoms with E-state index in [9.17, 15) is 0 Å². The number of ether oxygens (including phenoxy) is 4. The first-order valence-electron chi connectivity index (χ1n) is 9.44. The van der Waals surface area contributed by atoms with Gasteiger partial charge in [-0.2, -0.15) is 0 Å². The minimum Gasteiger partial charge on any atom is -0.385 e. The molecule has 0 bridgehead atoms. The summed E-state index contributed by atoms with van der Waals surface area (Å²) in [4.78, 5) is 0. The van der Waals surface area contributed by atoms with Crippen LogP contribution in [0, 0.1) is 0 Å². The molecule has 6 rings (SSSR count). The Hall–Kier alpha value is -3.92. The van der Waals surface area contributed by atoms with E-state index in [2.05, 4.69) is 0 Å². The lowest BCUT2D eigenvalue weighted by molar-refractivity contribution is -0.364. The van der Waals surface area contributed by atoms with Gasteiger partial charge in [0.05, 0.1) is 0 Å². The standard InChI is InChI=1S/C25H16O4/c1-5-13-21-17(9-1)18-10-2-6-14-22(18)27-25(26-21)28-23-15-7-3-11-19(23)20-12-4-8-16-24(20)29-25/h1-16H. The van der Waals surface area contributed by atoms with Crippen molar-refractivity contribution in [3.8, 4) is 45.3 Å². The van der Waals surface area contributed by atoms with Gasteiger partial charge < -0.3 is 18.9 Å². The van der Waals surface area contributed by atoms with Crippen LogP contribution in [0.4, 0.5) is 0 Å². The van der Waals surface area contributed by atoms with Crippen LogP contribution in [0.1, 0.15) is 0 Å². The van der Waals surface area contributed by atoms with E-state index in [1.165, 1.54) is 0 Å². The highest BCUT2D eigenvalue weighted by atomic mass is 17.0. The summed E-state index contributed by atoms with van der Waals surface area (Å²) in [6.07, 6.45) is -1.80. The molecule has 4 nitrogen and oxygen atoms in total. The van der Waals surface area contributed by atoms with Gasteiger partial charge in [-0.1, -0.05) is 72.8 Å². The highest BCUT2D eigenvalue weighted by Crippen LogP contribution is 2.47. The van der Waals surface area contributed by atoms with Gasteiger partial charge in [0.25, 0.3) is 0 Å². The Morgan fingerprint density at radius 3 is 0.862 bits per heavy atom. The Bertz CT molecular complexity index is 1040. The summed E-state index contributed by atoms with van der Waals surface area (Å²) in [6.45, 7) is 0. The molecular weight excluding hydrogens is 364 g/mol. The molecule has 0 atom stereocenters. The third-order valence-electron chi connectivity index (χ3n) is 5.07. The largest absolute Gasteiger partial charge is 0.611 e. The SMILES string of the molecule is c1ccc2c(c1)OC1(Oc3ccccc3-2)Oc2ccccc2-c2ccccc2O1. The highest BCUT2D eigenvalue weighted by Gasteiger charge is 2.48. The third-order valence-corrected chi connectivity index (χ3v) is 5.07. The second-order valence-corrected chi connectivity index (χ2v) is 6.89. The molecule has 0 aromatic heterocycles. The first-order valence-corrected chi connectivity index (χ1v) is 9.44. The molecule has 4 aromatic rings. The molecule has 140 valence electrons. The molecule has 0 aliphatic carbocycles. The summed E-state index contributed by atoms with van der Waals surface area (Å²) in [6, 6.07) is 31.1. The quantitative estimate of drug-likeness (QED) is 0.382. The second kappa shape index (κ2) is 6.04. The maximum absolute atomic E-state index is 6.29. The van der Waals surface area contributed by atoms with Crippen molar-refractivity contribution in [1.82, 2.24) is 0 Å². The minimum atomic E-state index is -1.80. The zero-order chi connectivity index (χ0) is 19.3. The van der Waals surface area contributed by atoms with Crippen molar-refractivity contribution in [2.24, 2.45) is 0 Å². The molecule has 2 aliphatic rings. The maximum Gasteiger partial charge on any atom is 0.611 e. The third kappa shape index (κ3) is 2.53. The van der Waals surface area contributed by atoms with Gasteiger partial charge in [0.15, 0.2) is 0 Å². The molecule has 0 saturated carbocycles. The first kappa shape index (κ1) is 16.1. The number of hydrogen-bond donors (Lipinski definition) is 0. The fourth-order valence-electron chi connectivity index (χ4n) is 3.78. The van der Waals surface area contributed by atoms with Crippen LogP contribution in [0.2, 0.25) is 0 Å². The topological polar surface area (TPSA) is 36.9 Å². The van der Waals surface area contributed by atoms with Gasteiger partial charge in [-0.05, 0) is 24.3 Å². The predicted octanol–water partition coefficient (Wildman–Crippen LogP) is 5.87. The Kier molecular flexibility index (Phi) is 3.35. The molecule has 4 heteroatoms. The summed E-state index contributed by atoms with van der Waals surface area (Å²) in [5.41, 5.74) is 3.66. The van der Waals surface area contributed by atoms with Gasteiger partial charge in [0.1, 0.15) is 23.0 Å². The van der Waals surface area contributed by atoms with E-state index in [0.29, 0.717) is 23.0 Å². The van der Waals surface area contributed by atoms with Crippen LogP contribution in [0.3, 0.4) is 0 Å². The van der Waals surface area contributed by atoms with E-state index >= 15 is 0 Å². The van der Waals surface area contributed by atoms with E-state index in [0.717, 1.165) is 22.3 Å². The van der Waals surface area contributed by atoms with Gasteiger partial charge >= 0.3 is 6.16 Å². The Balaban J connectivity index is 1.60. The van der Waals surface area contributed by atoms with Gasteiger partial charge in [0, 0.05) is 22.3 Å². The van der Waals surface area contributed by atoms with Crippen molar-refractivity contribution in [2.45, 2.75) is 6.16 Å². The van der Waals surface area contributed by atoms with Crippen LogP contribution < -0.4 is 18.9 Å². The molecular formula is C25H16O4. The zero-order valence-corrected chi connectivity index (χ0v) is 15.4. The van der Waals surface area contributed by atoms with Crippen molar-refractivity contribution in [3.05, 3.63) is 97.1 Å². The number of para-hydroxylation sites is 4. The molecule has 0 radical (unpaired) electrons. The fourth-order valence-corrected chi connectivity index (χ4v) is 3.78. The smallest absolute Gasteiger partial charge is 0.385 e. The Morgan fingerprint density at radius 1 is 0.345 bits per heavy atom. The number of rotatable bonds is 0. The summed E-state index contributed by atoms with van der Waals surface area (Å²) >= 11 is 0. The predicted molar refractivity (Wildman–Crippen MR) is 109 cm³/mol. The molecule has 0 unspecified atom stereocenters. The Labute approximate surface area is 167 Å². The summed E-state index contributed by atoms with van der Waals surface area (Å²) in [7, 11) is 0. The van der Waals surface area contributed by atoms with Crippen LogP contribution >= 0.6 is 0 Å².